The molecule has 1 aliphatic carbocycles. The van der Waals surface area contributed by atoms with E-state index in [1.807, 2.05) is 0 Å². The van der Waals surface area contributed by atoms with Crippen molar-refractivity contribution in [3.8, 4) is 0 Å². The van der Waals surface area contributed by atoms with Crippen molar-refractivity contribution in [1.82, 2.24) is 19.1 Å². The Hall–Kier alpha value is -3.20. The summed E-state index contributed by atoms with van der Waals surface area (Å²) in [4.78, 5) is 19.3. The van der Waals surface area contributed by atoms with Gasteiger partial charge >= 0.3 is 0 Å². The van der Waals surface area contributed by atoms with Crippen LogP contribution in [0.3, 0.4) is 0 Å². The number of sulfonamides is 1. The van der Waals surface area contributed by atoms with Crippen molar-refractivity contribution in [2.75, 3.05) is 19.4 Å². The number of fused-ring (bicyclic) bond motifs is 1. The second-order valence-electron chi connectivity index (χ2n) is 8.35. The van der Waals surface area contributed by atoms with Crippen LogP contribution >= 0.6 is 0 Å². The minimum absolute atomic E-state index is 0.0302. The van der Waals surface area contributed by atoms with Crippen LogP contribution in [0.5, 0.6) is 0 Å². The van der Waals surface area contributed by atoms with Gasteiger partial charge in [-0.15, -0.1) is 0 Å². The van der Waals surface area contributed by atoms with Crippen LogP contribution in [0.15, 0.2) is 40.2 Å². The van der Waals surface area contributed by atoms with Crippen LogP contribution < -0.4 is 16.6 Å². The van der Waals surface area contributed by atoms with E-state index in [0.717, 1.165) is 30.0 Å². The normalized spacial score (nSPS) is 19.0. The van der Waals surface area contributed by atoms with Crippen LogP contribution in [0, 0.1) is 6.57 Å². The fourth-order valence-corrected chi connectivity index (χ4v) is 5.48. The van der Waals surface area contributed by atoms with E-state index < -0.39 is 10.0 Å². The van der Waals surface area contributed by atoms with Crippen molar-refractivity contribution in [3.63, 3.8) is 0 Å². The van der Waals surface area contributed by atoms with Gasteiger partial charge in [0.15, 0.2) is 5.82 Å². The van der Waals surface area contributed by atoms with E-state index in [0.29, 0.717) is 28.0 Å². The zero-order chi connectivity index (χ0) is 23.8. The first-order valence-corrected chi connectivity index (χ1v) is 12.2. The molecule has 4 rings (SSSR count). The SMILES string of the molecule is [C-]#[N+][C@H]1CCCC[C@@H]1n1nc(Nc2ccc(S(=O)(=O)N(C)C)c(CN)c2)c2c(=O)[nH]ccc21. The minimum Gasteiger partial charge on any atom is -0.338 e. The summed E-state index contributed by atoms with van der Waals surface area (Å²) >= 11 is 0. The quantitative estimate of drug-likeness (QED) is 0.476. The molecule has 11 heteroatoms. The number of nitrogens with two attached hydrogens (primary N) is 1. The van der Waals surface area contributed by atoms with Crippen molar-refractivity contribution in [2.24, 2.45) is 5.73 Å². The summed E-state index contributed by atoms with van der Waals surface area (Å²) in [6.07, 6.45) is 5.23. The number of pyridine rings is 1. The molecule has 174 valence electrons. The maximum Gasteiger partial charge on any atom is 0.261 e. The van der Waals surface area contributed by atoms with Gasteiger partial charge in [-0.25, -0.2) is 19.3 Å². The number of aromatic amines is 1. The summed E-state index contributed by atoms with van der Waals surface area (Å²) in [6.45, 7) is 7.62. The summed E-state index contributed by atoms with van der Waals surface area (Å²) in [6, 6.07) is 6.28. The predicted octanol–water partition coefficient (Wildman–Crippen LogP) is 2.58. The first-order chi connectivity index (χ1) is 15.8. The molecule has 3 aromatic rings. The van der Waals surface area contributed by atoms with Gasteiger partial charge in [0, 0.05) is 38.9 Å². The smallest absolute Gasteiger partial charge is 0.261 e. The second-order valence-corrected chi connectivity index (χ2v) is 10.5. The maximum atomic E-state index is 12.7. The summed E-state index contributed by atoms with van der Waals surface area (Å²) in [5.74, 6) is 0.354. The molecule has 1 aromatic carbocycles. The van der Waals surface area contributed by atoms with E-state index in [4.69, 9.17) is 17.4 Å². The molecule has 0 saturated heterocycles. The standard InChI is InChI=1S/C22H27N7O3S/c1-24-16-6-4-5-7-17(16)29-18-10-11-25-22(30)20(18)21(27-29)26-15-8-9-19(14(12-15)13-23)33(31,32)28(2)3/h8-12,16-17H,4-7,13,23H2,2-3H3,(H,25,30)(H,26,27)/t16-,17-/m0/s1. The molecule has 1 aliphatic rings. The highest BCUT2D eigenvalue weighted by atomic mass is 32.2. The average Bonchev–Trinajstić information content (AvgIpc) is 3.18. The zero-order valence-corrected chi connectivity index (χ0v) is 19.4. The average molecular weight is 470 g/mol. The van der Waals surface area contributed by atoms with E-state index in [2.05, 4.69) is 15.1 Å². The van der Waals surface area contributed by atoms with Crippen molar-refractivity contribution in [1.29, 1.82) is 0 Å². The first kappa shape index (κ1) is 23.0. The number of anilines is 2. The molecule has 33 heavy (non-hydrogen) atoms. The number of nitrogens with one attached hydrogen (secondary N) is 2. The van der Waals surface area contributed by atoms with Gasteiger partial charge in [-0.2, -0.15) is 5.10 Å². The Balaban J connectivity index is 1.79. The van der Waals surface area contributed by atoms with Crippen LogP contribution in [0.1, 0.15) is 37.3 Å². The molecule has 0 aliphatic heterocycles. The van der Waals surface area contributed by atoms with Gasteiger partial charge in [0.1, 0.15) is 11.4 Å². The third kappa shape index (κ3) is 4.13. The number of hydrogen-bond acceptors (Lipinski definition) is 6. The molecule has 2 atom stereocenters. The van der Waals surface area contributed by atoms with Crippen LogP contribution in [0.25, 0.3) is 15.7 Å². The topological polar surface area (TPSA) is 130 Å². The predicted molar refractivity (Wildman–Crippen MR) is 127 cm³/mol. The van der Waals surface area contributed by atoms with E-state index in [9.17, 15) is 13.2 Å². The lowest BCUT2D eigenvalue weighted by atomic mass is 9.91. The van der Waals surface area contributed by atoms with Gasteiger partial charge in [-0.1, -0.05) is 6.42 Å². The van der Waals surface area contributed by atoms with Gasteiger partial charge in [-0.3, -0.25) is 9.48 Å². The first-order valence-electron chi connectivity index (χ1n) is 10.8. The van der Waals surface area contributed by atoms with Crippen LogP contribution in [0.2, 0.25) is 0 Å². The van der Waals surface area contributed by atoms with Gasteiger partial charge in [0.25, 0.3) is 5.56 Å². The summed E-state index contributed by atoms with van der Waals surface area (Å²) in [5, 5.41) is 8.27. The van der Waals surface area contributed by atoms with Crippen molar-refractivity contribution in [3.05, 3.63) is 57.8 Å². The molecular weight excluding hydrogens is 442 g/mol. The number of aromatic nitrogens is 3. The Morgan fingerprint density at radius 1 is 1.30 bits per heavy atom. The number of nitrogens with zero attached hydrogens (tertiary/aromatic N) is 4. The van der Waals surface area contributed by atoms with E-state index >= 15 is 0 Å². The molecule has 2 heterocycles. The third-order valence-electron chi connectivity index (χ3n) is 6.11. The Morgan fingerprint density at radius 2 is 2.06 bits per heavy atom. The Kier molecular flexibility index (Phi) is 6.25. The van der Waals surface area contributed by atoms with Gasteiger partial charge in [0.05, 0.1) is 10.4 Å². The summed E-state index contributed by atoms with van der Waals surface area (Å²) in [5.41, 5.74) is 7.23. The largest absolute Gasteiger partial charge is 0.338 e. The fraction of sp³-hybridized carbons (Fsp3) is 0.409. The van der Waals surface area contributed by atoms with Gasteiger partial charge < -0.3 is 20.9 Å². The summed E-state index contributed by atoms with van der Waals surface area (Å²) in [7, 11) is -0.714. The van der Waals surface area contributed by atoms with Crippen LogP contribution in [-0.2, 0) is 16.6 Å². The molecule has 0 amide bonds. The van der Waals surface area contributed by atoms with Crippen molar-refractivity contribution < 1.29 is 8.42 Å². The number of H-pyrrole nitrogens is 1. The molecular formula is C22H27N7O3S. The van der Waals surface area contributed by atoms with Crippen molar-refractivity contribution >= 4 is 32.4 Å². The lowest BCUT2D eigenvalue weighted by Crippen LogP contribution is -2.26. The highest BCUT2D eigenvalue weighted by Gasteiger charge is 2.34. The van der Waals surface area contributed by atoms with Crippen molar-refractivity contribution in [2.45, 2.75) is 49.2 Å². The lowest BCUT2D eigenvalue weighted by molar-refractivity contribution is 0.321. The molecule has 0 bridgehead atoms. The maximum absolute atomic E-state index is 12.7. The van der Waals surface area contributed by atoms with Crippen LogP contribution in [0.4, 0.5) is 11.5 Å². The molecule has 2 aromatic heterocycles. The Morgan fingerprint density at radius 3 is 2.76 bits per heavy atom. The Bertz CT molecular complexity index is 1390. The van der Waals surface area contributed by atoms with E-state index in [-0.39, 0.29) is 29.1 Å². The highest BCUT2D eigenvalue weighted by molar-refractivity contribution is 7.89. The highest BCUT2D eigenvalue weighted by Crippen LogP contribution is 2.35. The zero-order valence-electron chi connectivity index (χ0n) is 18.6. The lowest BCUT2D eigenvalue weighted by Gasteiger charge is -2.24. The number of rotatable bonds is 6. The molecule has 0 unspecified atom stereocenters. The Labute approximate surface area is 192 Å². The minimum atomic E-state index is -3.65. The van der Waals surface area contributed by atoms with Gasteiger partial charge in [-0.05, 0) is 42.7 Å². The monoisotopic (exact) mass is 469 g/mol. The fourth-order valence-electron chi connectivity index (χ4n) is 4.37. The molecule has 0 spiro atoms. The van der Waals surface area contributed by atoms with E-state index in [1.54, 1.807) is 29.1 Å². The molecule has 1 saturated carbocycles. The number of hydrogen-bond donors (Lipinski definition) is 3. The van der Waals surface area contributed by atoms with Gasteiger partial charge in [0.2, 0.25) is 16.1 Å². The molecule has 0 radical (unpaired) electrons. The molecule has 4 N–H and O–H groups in total. The number of benzene rings is 1. The summed E-state index contributed by atoms with van der Waals surface area (Å²) < 4.78 is 28.1. The van der Waals surface area contributed by atoms with Crippen LogP contribution in [-0.4, -0.2) is 47.6 Å². The third-order valence-corrected chi connectivity index (χ3v) is 8.02. The van der Waals surface area contributed by atoms with E-state index in [1.165, 1.54) is 20.2 Å². The molecule has 1 fully saturated rings. The second kappa shape index (κ2) is 8.97. The molecule has 10 nitrogen and oxygen atoms in total.